The maximum atomic E-state index is 11.9. The molecule has 0 atom stereocenters. The Labute approximate surface area is 125 Å². The number of nitrogens with zero attached hydrogens (tertiary/aromatic N) is 1. The van der Waals surface area contributed by atoms with Gasteiger partial charge in [0, 0.05) is 31.7 Å². The molecule has 0 saturated carbocycles. The smallest absolute Gasteiger partial charge is 0.317 e. The van der Waals surface area contributed by atoms with Crippen molar-refractivity contribution in [2.45, 2.75) is 13.8 Å². The van der Waals surface area contributed by atoms with Crippen LogP contribution in [0.5, 0.6) is 5.75 Å². The Morgan fingerprint density at radius 1 is 1.14 bits per heavy atom. The van der Waals surface area contributed by atoms with Crippen molar-refractivity contribution in [3.05, 3.63) is 29.8 Å². The lowest BCUT2D eigenvalue weighted by Crippen LogP contribution is -2.42. The molecule has 21 heavy (non-hydrogen) atoms. The SMILES string of the molecule is CCN(CC)C(=O)NCCNC(=O)c1cccc(OC)c1. The van der Waals surface area contributed by atoms with Crippen LogP contribution in [0.1, 0.15) is 24.2 Å². The van der Waals surface area contributed by atoms with Gasteiger partial charge >= 0.3 is 6.03 Å². The summed E-state index contributed by atoms with van der Waals surface area (Å²) in [5.41, 5.74) is 0.532. The van der Waals surface area contributed by atoms with Crippen molar-refractivity contribution in [3.63, 3.8) is 0 Å². The van der Waals surface area contributed by atoms with Crippen LogP contribution in [0.4, 0.5) is 4.79 Å². The van der Waals surface area contributed by atoms with Gasteiger partial charge < -0.3 is 20.3 Å². The number of carbonyl (C=O) groups excluding carboxylic acids is 2. The van der Waals surface area contributed by atoms with Gasteiger partial charge in [-0.25, -0.2) is 4.79 Å². The van der Waals surface area contributed by atoms with E-state index in [4.69, 9.17) is 4.74 Å². The fraction of sp³-hybridized carbons (Fsp3) is 0.467. The number of methoxy groups -OCH3 is 1. The first-order valence-corrected chi connectivity index (χ1v) is 7.07. The molecule has 0 aliphatic heterocycles. The Bertz CT molecular complexity index is 473. The van der Waals surface area contributed by atoms with Gasteiger partial charge in [-0.2, -0.15) is 0 Å². The lowest BCUT2D eigenvalue weighted by Gasteiger charge is -2.19. The second kappa shape index (κ2) is 8.84. The van der Waals surface area contributed by atoms with E-state index in [1.165, 1.54) is 0 Å². The molecule has 0 aliphatic rings. The zero-order chi connectivity index (χ0) is 15.7. The molecule has 0 unspecified atom stereocenters. The van der Waals surface area contributed by atoms with Gasteiger partial charge in [0.1, 0.15) is 5.75 Å². The first-order chi connectivity index (χ1) is 10.1. The van der Waals surface area contributed by atoms with E-state index >= 15 is 0 Å². The lowest BCUT2D eigenvalue weighted by atomic mass is 10.2. The summed E-state index contributed by atoms with van der Waals surface area (Å²) in [6.45, 7) is 5.95. The number of rotatable bonds is 7. The molecule has 0 heterocycles. The molecule has 0 aliphatic carbocycles. The number of amides is 3. The number of hydrogen-bond acceptors (Lipinski definition) is 3. The first-order valence-electron chi connectivity index (χ1n) is 7.07. The lowest BCUT2D eigenvalue weighted by molar-refractivity contribution is 0.0953. The summed E-state index contributed by atoms with van der Waals surface area (Å²) in [7, 11) is 1.56. The van der Waals surface area contributed by atoms with Crippen LogP contribution >= 0.6 is 0 Å². The van der Waals surface area contributed by atoms with Crippen molar-refractivity contribution in [2.24, 2.45) is 0 Å². The van der Waals surface area contributed by atoms with Crippen LogP contribution in [-0.4, -0.2) is 50.1 Å². The summed E-state index contributed by atoms with van der Waals surface area (Å²) in [6, 6.07) is 6.81. The van der Waals surface area contributed by atoms with Gasteiger partial charge in [-0.15, -0.1) is 0 Å². The Kier molecular flexibility index (Phi) is 7.08. The molecule has 6 nitrogen and oxygen atoms in total. The van der Waals surface area contributed by atoms with E-state index in [9.17, 15) is 9.59 Å². The number of urea groups is 1. The van der Waals surface area contributed by atoms with Crippen molar-refractivity contribution < 1.29 is 14.3 Å². The van der Waals surface area contributed by atoms with E-state index in [-0.39, 0.29) is 11.9 Å². The summed E-state index contributed by atoms with van der Waals surface area (Å²) in [6.07, 6.45) is 0. The second-order valence-corrected chi connectivity index (χ2v) is 4.39. The van der Waals surface area contributed by atoms with Crippen molar-refractivity contribution in [1.29, 1.82) is 0 Å². The fourth-order valence-corrected chi connectivity index (χ4v) is 1.83. The fourth-order valence-electron chi connectivity index (χ4n) is 1.83. The van der Waals surface area contributed by atoms with Gasteiger partial charge in [0.15, 0.2) is 0 Å². The molecular weight excluding hydrogens is 270 g/mol. The van der Waals surface area contributed by atoms with Gasteiger partial charge in [0.2, 0.25) is 0 Å². The molecule has 0 fully saturated rings. The highest BCUT2D eigenvalue weighted by Crippen LogP contribution is 2.12. The van der Waals surface area contributed by atoms with Crippen LogP contribution in [-0.2, 0) is 0 Å². The molecule has 2 N–H and O–H groups in total. The minimum absolute atomic E-state index is 0.115. The third-order valence-corrected chi connectivity index (χ3v) is 3.07. The molecule has 1 aromatic carbocycles. The molecule has 6 heteroatoms. The quantitative estimate of drug-likeness (QED) is 0.748. The van der Waals surface area contributed by atoms with E-state index in [2.05, 4.69) is 10.6 Å². The molecule has 1 rings (SSSR count). The largest absolute Gasteiger partial charge is 0.497 e. The van der Waals surface area contributed by atoms with Crippen molar-refractivity contribution in [1.82, 2.24) is 15.5 Å². The van der Waals surface area contributed by atoms with E-state index in [1.54, 1.807) is 36.3 Å². The minimum atomic E-state index is -0.189. The third kappa shape index (κ3) is 5.33. The van der Waals surface area contributed by atoms with Gasteiger partial charge in [-0.05, 0) is 32.0 Å². The highest BCUT2D eigenvalue weighted by atomic mass is 16.5. The van der Waals surface area contributed by atoms with Crippen LogP contribution in [0.15, 0.2) is 24.3 Å². The van der Waals surface area contributed by atoms with E-state index in [0.717, 1.165) is 0 Å². The van der Waals surface area contributed by atoms with Gasteiger partial charge in [-0.3, -0.25) is 4.79 Å². The Balaban J connectivity index is 2.35. The zero-order valence-corrected chi connectivity index (χ0v) is 12.8. The molecule has 0 saturated heterocycles. The van der Waals surface area contributed by atoms with Crippen molar-refractivity contribution in [3.8, 4) is 5.75 Å². The summed E-state index contributed by atoms with van der Waals surface area (Å²) in [4.78, 5) is 25.3. The van der Waals surface area contributed by atoms with E-state index in [0.29, 0.717) is 37.5 Å². The van der Waals surface area contributed by atoms with Crippen LogP contribution in [0.25, 0.3) is 0 Å². The normalized spacial score (nSPS) is 9.86. The van der Waals surface area contributed by atoms with Crippen LogP contribution in [0.2, 0.25) is 0 Å². The third-order valence-electron chi connectivity index (χ3n) is 3.07. The maximum absolute atomic E-state index is 11.9. The van der Waals surface area contributed by atoms with Crippen molar-refractivity contribution >= 4 is 11.9 Å². The summed E-state index contributed by atoms with van der Waals surface area (Å²) in [5.74, 6) is 0.448. The predicted octanol–water partition coefficient (Wildman–Crippen LogP) is 1.48. The summed E-state index contributed by atoms with van der Waals surface area (Å²) < 4.78 is 5.07. The van der Waals surface area contributed by atoms with Gasteiger partial charge in [-0.1, -0.05) is 6.07 Å². The number of benzene rings is 1. The second-order valence-electron chi connectivity index (χ2n) is 4.39. The zero-order valence-electron chi connectivity index (χ0n) is 12.8. The average Bonchev–Trinajstić information content (AvgIpc) is 2.52. The molecule has 1 aromatic rings. The monoisotopic (exact) mass is 293 g/mol. The molecular formula is C15H23N3O3. The van der Waals surface area contributed by atoms with Crippen molar-refractivity contribution in [2.75, 3.05) is 33.3 Å². The van der Waals surface area contributed by atoms with E-state index < -0.39 is 0 Å². The van der Waals surface area contributed by atoms with Gasteiger partial charge in [0.05, 0.1) is 7.11 Å². The molecule has 0 spiro atoms. The number of carbonyl (C=O) groups is 2. The number of ether oxygens (including phenoxy) is 1. The summed E-state index contributed by atoms with van der Waals surface area (Å²) in [5, 5.41) is 5.51. The van der Waals surface area contributed by atoms with E-state index in [1.807, 2.05) is 13.8 Å². The Hall–Kier alpha value is -2.24. The minimum Gasteiger partial charge on any atom is -0.497 e. The Morgan fingerprint density at radius 3 is 2.43 bits per heavy atom. The first kappa shape index (κ1) is 16.8. The highest BCUT2D eigenvalue weighted by Gasteiger charge is 2.09. The van der Waals surface area contributed by atoms with Crippen LogP contribution in [0, 0.1) is 0 Å². The number of nitrogens with one attached hydrogen (secondary N) is 2. The predicted molar refractivity (Wildman–Crippen MR) is 81.6 cm³/mol. The highest BCUT2D eigenvalue weighted by molar-refractivity contribution is 5.94. The topological polar surface area (TPSA) is 70.7 Å². The molecule has 0 radical (unpaired) electrons. The molecule has 0 aromatic heterocycles. The van der Waals surface area contributed by atoms with Crippen LogP contribution < -0.4 is 15.4 Å². The Morgan fingerprint density at radius 2 is 1.81 bits per heavy atom. The molecule has 0 bridgehead atoms. The standard InChI is InChI=1S/C15H23N3O3/c1-4-18(5-2)15(20)17-10-9-16-14(19)12-7-6-8-13(11-12)21-3/h6-8,11H,4-5,9-10H2,1-3H3,(H,16,19)(H,17,20). The van der Waals surface area contributed by atoms with Crippen LogP contribution in [0.3, 0.4) is 0 Å². The van der Waals surface area contributed by atoms with Gasteiger partial charge in [0.25, 0.3) is 5.91 Å². The molecule has 3 amide bonds. The summed E-state index contributed by atoms with van der Waals surface area (Å²) >= 11 is 0. The number of hydrogen-bond donors (Lipinski definition) is 2. The molecule has 116 valence electrons. The average molecular weight is 293 g/mol. The maximum Gasteiger partial charge on any atom is 0.317 e.